The molecule has 1 fully saturated rings. The van der Waals surface area contributed by atoms with Crippen molar-refractivity contribution in [3.63, 3.8) is 0 Å². The van der Waals surface area contributed by atoms with Gasteiger partial charge in [-0.25, -0.2) is 9.98 Å². The smallest absolute Gasteiger partial charge is 0.194 e. The number of rotatable bonds is 7. The minimum Gasteiger partial charge on any atom is -0.381 e. The Morgan fingerprint density at radius 1 is 1.50 bits per heavy atom. The average molecular weight is 324 g/mol. The molecule has 2 rings (SSSR count). The maximum atomic E-state index is 5.55. The number of guanidine groups is 1. The number of ether oxygens (including phenoxy) is 1. The van der Waals surface area contributed by atoms with Crippen LogP contribution in [-0.2, 0) is 17.7 Å². The van der Waals surface area contributed by atoms with Gasteiger partial charge in [0.2, 0.25) is 0 Å². The van der Waals surface area contributed by atoms with Gasteiger partial charge in [-0.3, -0.25) is 0 Å². The highest BCUT2D eigenvalue weighted by Crippen LogP contribution is 2.18. The molecule has 5 nitrogen and oxygen atoms in total. The van der Waals surface area contributed by atoms with Gasteiger partial charge < -0.3 is 15.0 Å². The van der Waals surface area contributed by atoms with E-state index in [2.05, 4.69) is 36.0 Å². The van der Waals surface area contributed by atoms with E-state index >= 15 is 0 Å². The van der Waals surface area contributed by atoms with Gasteiger partial charge in [0.1, 0.15) is 5.01 Å². The molecule has 1 aliphatic heterocycles. The Bertz CT molecular complexity index is 474. The molecule has 0 spiro atoms. The summed E-state index contributed by atoms with van der Waals surface area (Å²) in [4.78, 5) is 12.9. The number of nitrogens with zero attached hydrogens (tertiary/aromatic N) is 3. The Labute approximate surface area is 137 Å². The van der Waals surface area contributed by atoms with E-state index in [4.69, 9.17) is 9.73 Å². The van der Waals surface area contributed by atoms with Crippen LogP contribution >= 0.6 is 11.3 Å². The standard InChI is InChI=1S/C16H28N4OS/c1-4-14-9-18-15(22-14)10-19-16(17-5-2)20-8-7-13(11-20)12-21-6-3/h9,13H,4-8,10-12H2,1-3H3,(H,17,19). The van der Waals surface area contributed by atoms with Crippen LogP contribution in [0.25, 0.3) is 0 Å². The fourth-order valence-corrected chi connectivity index (χ4v) is 3.39. The summed E-state index contributed by atoms with van der Waals surface area (Å²) < 4.78 is 5.55. The van der Waals surface area contributed by atoms with Crippen molar-refractivity contribution >= 4 is 17.3 Å². The molecule has 0 radical (unpaired) electrons. The van der Waals surface area contributed by atoms with Gasteiger partial charge in [-0.1, -0.05) is 6.92 Å². The number of aryl methyl sites for hydroxylation is 1. The second kappa shape index (κ2) is 9.10. The number of hydrogen-bond acceptors (Lipinski definition) is 4. The lowest BCUT2D eigenvalue weighted by Gasteiger charge is -2.21. The monoisotopic (exact) mass is 324 g/mol. The molecule has 0 bridgehead atoms. The Balaban J connectivity index is 1.92. The van der Waals surface area contributed by atoms with Crippen molar-refractivity contribution in [1.82, 2.24) is 15.2 Å². The number of hydrogen-bond donors (Lipinski definition) is 1. The fourth-order valence-electron chi connectivity index (χ4n) is 2.60. The van der Waals surface area contributed by atoms with Crippen LogP contribution < -0.4 is 5.32 Å². The molecule has 0 aliphatic carbocycles. The highest BCUT2D eigenvalue weighted by atomic mass is 32.1. The summed E-state index contributed by atoms with van der Waals surface area (Å²) in [5, 5.41) is 4.50. The Morgan fingerprint density at radius 2 is 2.36 bits per heavy atom. The third-order valence-electron chi connectivity index (χ3n) is 3.79. The third-order valence-corrected chi connectivity index (χ3v) is 4.92. The lowest BCUT2D eigenvalue weighted by atomic mass is 10.1. The summed E-state index contributed by atoms with van der Waals surface area (Å²) in [5.74, 6) is 1.63. The van der Waals surface area contributed by atoms with E-state index in [1.54, 1.807) is 11.3 Å². The first-order valence-electron chi connectivity index (χ1n) is 8.31. The van der Waals surface area contributed by atoms with Crippen LogP contribution in [-0.4, -0.2) is 48.7 Å². The summed E-state index contributed by atoms with van der Waals surface area (Å²) in [7, 11) is 0. The van der Waals surface area contributed by atoms with Crippen molar-refractivity contribution in [3.05, 3.63) is 16.1 Å². The second-order valence-corrected chi connectivity index (χ2v) is 6.70. The molecule has 1 aromatic rings. The first kappa shape index (κ1) is 17.2. The minimum atomic E-state index is 0.621. The van der Waals surface area contributed by atoms with Gasteiger partial charge in [-0.2, -0.15) is 0 Å². The predicted octanol–water partition coefficient (Wildman–Crippen LogP) is 2.53. The SMILES string of the molecule is CCNC(=NCc1ncc(CC)s1)N1CCC(COCC)C1. The molecule has 0 amide bonds. The van der Waals surface area contributed by atoms with Crippen molar-refractivity contribution in [2.45, 2.75) is 40.2 Å². The van der Waals surface area contributed by atoms with Gasteiger partial charge in [0, 0.05) is 43.2 Å². The molecule has 1 aromatic heterocycles. The van der Waals surface area contributed by atoms with Crippen LogP contribution in [0, 0.1) is 5.92 Å². The number of likely N-dealkylation sites (tertiary alicyclic amines) is 1. The molecule has 1 saturated heterocycles. The van der Waals surface area contributed by atoms with Crippen LogP contribution in [0.15, 0.2) is 11.2 Å². The van der Waals surface area contributed by atoms with Crippen LogP contribution in [0.4, 0.5) is 0 Å². The lowest BCUT2D eigenvalue weighted by molar-refractivity contribution is 0.114. The molecule has 0 aromatic carbocycles. The Kier molecular flexibility index (Phi) is 7.12. The molecular formula is C16H28N4OS. The topological polar surface area (TPSA) is 49.8 Å². The van der Waals surface area contributed by atoms with E-state index in [-0.39, 0.29) is 0 Å². The third kappa shape index (κ3) is 4.95. The van der Waals surface area contributed by atoms with Crippen molar-refractivity contribution in [3.8, 4) is 0 Å². The number of aliphatic imine (C=N–C) groups is 1. The molecule has 0 saturated carbocycles. The molecule has 1 aliphatic rings. The zero-order valence-electron chi connectivity index (χ0n) is 14.0. The van der Waals surface area contributed by atoms with E-state index in [0.717, 1.165) is 50.2 Å². The Hall–Kier alpha value is -1.14. The van der Waals surface area contributed by atoms with E-state index < -0.39 is 0 Å². The van der Waals surface area contributed by atoms with Crippen molar-refractivity contribution in [2.75, 3.05) is 32.8 Å². The molecule has 1 unspecified atom stereocenters. The van der Waals surface area contributed by atoms with Crippen LogP contribution in [0.2, 0.25) is 0 Å². The zero-order chi connectivity index (χ0) is 15.8. The summed E-state index contributed by atoms with van der Waals surface area (Å²) in [6.45, 7) is 11.6. The summed E-state index contributed by atoms with van der Waals surface area (Å²) >= 11 is 1.76. The first-order valence-corrected chi connectivity index (χ1v) is 9.13. The van der Waals surface area contributed by atoms with Gasteiger partial charge in [0.15, 0.2) is 5.96 Å². The Morgan fingerprint density at radius 3 is 3.05 bits per heavy atom. The van der Waals surface area contributed by atoms with Crippen molar-refractivity contribution < 1.29 is 4.74 Å². The fraction of sp³-hybridized carbons (Fsp3) is 0.750. The van der Waals surface area contributed by atoms with E-state index in [1.807, 2.05) is 6.20 Å². The normalized spacial score (nSPS) is 19.0. The quantitative estimate of drug-likeness (QED) is 0.618. The molecule has 22 heavy (non-hydrogen) atoms. The van der Waals surface area contributed by atoms with Crippen LogP contribution in [0.3, 0.4) is 0 Å². The molecule has 124 valence electrons. The second-order valence-electron chi connectivity index (χ2n) is 5.50. The largest absolute Gasteiger partial charge is 0.381 e. The molecule has 1 N–H and O–H groups in total. The van der Waals surface area contributed by atoms with Crippen molar-refractivity contribution in [1.29, 1.82) is 0 Å². The van der Waals surface area contributed by atoms with Gasteiger partial charge >= 0.3 is 0 Å². The predicted molar refractivity (Wildman–Crippen MR) is 92.5 cm³/mol. The first-order chi connectivity index (χ1) is 10.8. The number of aromatic nitrogens is 1. The lowest BCUT2D eigenvalue weighted by Crippen LogP contribution is -2.40. The van der Waals surface area contributed by atoms with Gasteiger partial charge in [0.05, 0.1) is 13.2 Å². The van der Waals surface area contributed by atoms with Crippen molar-refractivity contribution in [2.24, 2.45) is 10.9 Å². The average Bonchev–Trinajstić information content (AvgIpc) is 3.18. The van der Waals surface area contributed by atoms with Gasteiger partial charge in [-0.05, 0) is 26.7 Å². The molecular weight excluding hydrogens is 296 g/mol. The maximum Gasteiger partial charge on any atom is 0.194 e. The summed E-state index contributed by atoms with van der Waals surface area (Å²) in [6.07, 6.45) is 4.20. The maximum absolute atomic E-state index is 5.55. The molecule has 1 atom stereocenters. The van der Waals surface area contributed by atoms with Gasteiger partial charge in [-0.15, -0.1) is 11.3 Å². The van der Waals surface area contributed by atoms with E-state index in [0.29, 0.717) is 12.5 Å². The van der Waals surface area contributed by atoms with Crippen LogP contribution in [0.1, 0.15) is 37.1 Å². The number of nitrogens with one attached hydrogen (secondary N) is 1. The zero-order valence-corrected chi connectivity index (χ0v) is 14.8. The number of thiazole rings is 1. The summed E-state index contributed by atoms with van der Waals surface area (Å²) in [5.41, 5.74) is 0. The molecule has 2 heterocycles. The van der Waals surface area contributed by atoms with E-state index in [1.165, 1.54) is 11.3 Å². The summed E-state index contributed by atoms with van der Waals surface area (Å²) in [6, 6.07) is 0. The molecule has 6 heteroatoms. The van der Waals surface area contributed by atoms with Crippen LogP contribution in [0.5, 0.6) is 0 Å². The van der Waals surface area contributed by atoms with E-state index in [9.17, 15) is 0 Å². The van der Waals surface area contributed by atoms with Gasteiger partial charge in [0.25, 0.3) is 0 Å². The highest BCUT2D eigenvalue weighted by Gasteiger charge is 2.24. The minimum absolute atomic E-state index is 0.621. The highest BCUT2D eigenvalue weighted by molar-refractivity contribution is 7.11.